The first kappa shape index (κ1) is 14.4. The van der Waals surface area contributed by atoms with E-state index in [-0.39, 0.29) is 23.6 Å². The number of hydrogen-bond donors (Lipinski definition) is 1. The van der Waals surface area contributed by atoms with Gasteiger partial charge < -0.3 is 10.0 Å². The third-order valence-electron chi connectivity index (χ3n) is 2.41. The molecule has 0 aliphatic heterocycles. The van der Waals surface area contributed by atoms with Crippen molar-refractivity contribution in [3.63, 3.8) is 0 Å². The van der Waals surface area contributed by atoms with E-state index in [0.717, 1.165) is 0 Å². The maximum absolute atomic E-state index is 13.6. The van der Waals surface area contributed by atoms with Crippen LogP contribution in [0, 0.1) is 5.82 Å². The molecule has 1 aromatic carbocycles. The Morgan fingerprint density at radius 3 is 2.72 bits per heavy atom. The lowest BCUT2D eigenvalue weighted by Gasteiger charge is -2.17. The highest BCUT2D eigenvalue weighted by atomic mass is 35.5. The lowest BCUT2D eigenvalue weighted by Crippen LogP contribution is -2.28. The third kappa shape index (κ3) is 3.70. The minimum atomic E-state index is -0.926. The van der Waals surface area contributed by atoms with Gasteiger partial charge in [-0.2, -0.15) is 0 Å². The Kier molecular flexibility index (Phi) is 5.09. The van der Waals surface area contributed by atoms with E-state index < -0.39 is 17.7 Å². The van der Waals surface area contributed by atoms with E-state index in [1.54, 1.807) is 0 Å². The van der Waals surface area contributed by atoms with Gasteiger partial charge >= 0.3 is 5.97 Å². The Hall–Kier alpha value is -1.62. The van der Waals surface area contributed by atoms with Crippen molar-refractivity contribution in [1.29, 1.82) is 0 Å². The second-order valence-electron chi connectivity index (χ2n) is 3.83. The van der Waals surface area contributed by atoms with Crippen LogP contribution in [0.2, 0.25) is 5.02 Å². The number of benzene rings is 1. The molecule has 0 unspecified atom stereocenters. The molecule has 0 aliphatic carbocycles. The van der Waals surface area contributed by atoms with Crippen LogP contribution in [0.1, 0.15) is 23.2 Å². The Morgan fingerprint density at radius 2 is 2.11 bits per heavy atom. The monoisotopic (exact) mass is 273 g/mol. The van der Waals surface area contributed by atoms with Crippen LogP contribution in [-0.4, -0.2) is 35.5 Å². The van der Waals surface area contributed by atoms with Gasteiger partial charge in [0.1, 0.15) is 0 Å². The van der Waals surface area contributed by atoms with Gasteiger partial charge in [0.2, 0.25) is 0 Å². The van der Waals surface area contributed by atoms with Crippen molar-refractivity contribution in [3.8, 4) is 0 Å². The minimum Gasteiger partial charge on any atom is -0.481 e. The second-order valence-corrected chi connectivity index (χ2v) is 4.23. The molecule has 0 spiro atoms. The largest absolute Gasteiger partial charge is 0.481 e. The quantitative estimate of drug-likeness (QED) is 0.896. The van der Waals surface area contributed by atoms with Crippen molar-refractivity contribution in [2.45, 2.75) is 12.8 Å². The van der Waals surface area contributed by atoms with Crippen molar-refractivity contribution >= 4 is 23.5 Å². The molecule has 0 bridgehead atoms. The fourth-order valence-electron chi connectivity index (χ4n) is 1.44. The number of aliphatic carboxylic acids is 1. The summed E-state index contributed by atoms with van der Waals surface area (Å²) in [4.78, 5) is 23.5. The van der Waals surface area contributed by atoms with Gasteiger partial charge in [-0.1, -0.05) is 17.7 Å². The fraction of sp³-hybridized carbons (Fsp3) is 0.333. The molecule has 98 valence electrons. The van der Waals surface area contributed by atoms with E-state index in [1.807, 2.05) is 0 Å². The van der Waals surface area contributed by atoms with Gasteiger partial charge in [-0.05, 0) is 18.6 Å². The molecule has 1 amide bonds. The summed E-state index contributed by atoms with van der Waals surface area (Å²) in [7, 11) is 1.49. The van der Waals surface area contributed by atoms with Crippen LogP contribution in [0.4, 0.5) is 4.39 Å². The SMILES string of the molecule is CN(CCCC(=O)O)C(=O)c1cccc(Cl)c1F. The van der Waals surface area contributed by atoms with Crippen molar-refractivity contribution in [2.24, 2.45) is 0 Å². The van der Waals surface area contributed by atoms with Crippen molar-refractivity contribution < 1.29 is 19.1 Å². The van der Waals surface area contributed by atoms with Gasteiger partial charge in [0.15, 0.2) is 5.82 Å². The van der Waals surface area contributed by atoms with E-state index in [2.05, 4.69) is 0 Å². The molecule has 0 atom stereocenters. The van der Waals surface area contributed by atoms with Crippen LogP contribution in [0.5, 0.6) is 0 Å². The molecule has 6 heteroatoms. The van der Waals surface area contributed by atoms with E-state index in [0.29, 0.717) is 6.42 Å². The first-order valence-corrected chi connectivity index (χ1v) is 5.72. The Labute approximate surface area is 109 Å². The molecule has 0 aromatic heterocycles. The maximum Gasteiger partial charge on any atom is 0.303 e. The average molecular weight is 274 g/mol. The smallest absolute Gasteiger partial charge is 0.303 e. The van der Waals surface area contributed by atoms with E-state index in [9.17, 15) is 14.0 Å². The zero-order valence-electron chi connectivity index (χ0n) is 9.82. The van der Waals surface area contributed by atoms with Crippen LogP contribution in [-0.2, 0) is 4.79 Å². The summed E-state index contributed by atoms with van der Waals surface area (Å²) in [5.74, 6) is -2.19. The summed E-state index contributed by atoms with van der Waals surface area (Å²) in [5, 5.41) is 8.37. The normalized spacial score (nSPS) is 10.2. The average Bonchev–Trinajstić information content (AvgIpc) is 2.31. The summed E-state index contributed by atoms with van der Waals surface area (Å²) in [6, 6.07) is 4.19. The molecular weight excluding hydrogens is 261 g/mol. The van der Waals surface area contributed by atoms with Gasteiger partial charge in [0.25, 0.3) is 5.91 Å². The predicted octanol–water partition coefficient (Wildman–Crippen LogP) is 2.42. The van der Waals surface area contributed by atoms with Crippen LogP contribution in [0.15, 0.2) is 18.2 Å². The molecule has 4 nitrogen and oxygen atoms in total. The highest BCUT2D eigenvalue weighted by Gasteiger charge is 2.17. The topological polar surface area (TPSA) is 57.6 Å². The zero-order chi connectivity index (χ0) is 13.7. The van der Waals surface area contributed by atoms with E-state index >= 15 is 0 Å². The molecule has 0 saturated carbocycles. The first-order chi connectivity index (χ1) is 8.43. The van der Waals surface area contributed by atoms with E-state index in [1.165, 1.54) is 30.1 Å². The number of carboxylic acids is 1. The number of halogens is 2. The number of amides is 1. The highest BCUT2D eigenvalue weighted by molar-refractivity contribution is 6.31. The summed E-state index contributed by atoms with van der Waals surface area (Å²) >= 11 is 5.59. The third-order valence-corrected chi connectivity index (χ3v) is 2.70. The molecule has 1 aromatic rings. The molecule has 0 radical (unpaired) electrons. The first-order valence-electron chi connectivity index (χ1n) is 5.34. The number of carbonyl (C=O) groups excluding carboxylic acids is 1. The van der Waals surface area contributed by atoms with Crippen molar-refractivity contribution in [3.05, 3.63) is 34.6 Å². The lowest BCUT2D eigenvalue weighted by atomic mass is 10.2. The summed E-state index contributed by atoms with van der Waals surface area (Å²) in [6.07, 6.45) is 0.287. The van der Waals surface area contributed by atoms with E-state index in [4.69, 9.17) is 16.7 Å². The van der Waals surface area contributed by atoms with Gasteiger partial charge in [-0.15, -0.1) is 0 Å². The number of nitrogens with zero attached hydrogens (tertiary/aromatic N) is 1. The van der Waals surface area contributed by atoms with Gasteiger partial charge in [-0.3, -0.25) is 9.59 Å². The second kappa shape index (κ2) is 6.35. The maximum atomic E-state index is 13.6. The van der Waals surface area contributed by atoms with Crippen LogP contribution < -0.4 is 0 Å². The molecule has 0 fully saturated rings. The Morgan fingerprint density at radius 1 is 1.44 bits per heavy atom. The Bertz CT molecular complexity index is 465. The number of carbonyl (C=O) groups is 2. The summed E-state index contributed by atoms with van der Waals surface area (Å²) in [5.41, 5.74) is -0.111. The molecule has 0 heterocycles. The van der Waals surface area contributed by atoms with Gasteiger partial charge in [0, 0.05) is 20.0 Å². The molecule has 1 N–H and O–H groups in total. The molecule has 1 rings (SSSR count). The van der Waals surface area contributed by atoms with Crippen LogP contribution in [0.25, 0.3) is 0 Å². The van der Waals surface area contributed by atoms with Crippen LogP contribution in [0.3, 0.4) is 0 Å². The summed E-state index contributed by atoms with van der Waals surface area (Å²) in [6.45, 7) is 0.247. The summed E-state index contributed by atoms with van der Waals surface area (Å²) < 4.78 is 13.6. The lowest BCUT2D eigenvalue weighted by molar-refractivity contribution is -0.137. The minimum absolute atomic E-state index is 0.0321. The van der Waals surface area contributed by atoms with Gasteiger partial charge in [-0.25, -0.2) is 4.39 Å². The number of carboxylic acid groups (broad SMARTS) is 1. The van der Waals surface area contributed by atoms with Crippen molar-refractivity contribution in [1.82, 2.24) is 4.90 Å². The van der Waals surface area contributed by atoms with Crippen molar-refractivity contribution in [2.75, 3.05) is 13.6 Å². The number of hydrogen-bond acceptors (Lipinski definition) is 2. The Balaban J connectivity index is 2.69. The molecule has 0 aliphatic rings. The fourth-order valence-corrected chi connectivity index (χ4v) is 1.62. The molecule has 0 saturated heterocycles. The zero-order valence-corrected chi connectivity index (χ0v) is 10.6. The van der Waals surface area contributed by atoms with Crippen LogP contribution >= 0.6 is 11.6 Å². The van der Waals surface area contributed by atoms with Gasteiger partial charge in [0.05, 0.1) is 10.6 Å². The highest BCUT2D eigenvalue weighted by Crippen LogP contribution is 2.19. The number of rotatable bonds is 5. The molecule has 18 heavy (non-hydrogen) atoms. The standard InChI is InChI=1S/C12H13ClFNO3/c1-15(7-3-6-10(16)17)12(18)8-4-2-5-9(13)11(8)14/h2,4-5H,3,6-7H2,1H3,(H,16,17). The molecular formula is C12H13ClFNO3. The predicted molar refractivity (Wildman–Crippen MR) is 65.2 cm³/mol.